The third-order valence-corrected chi connectivity index (χ3v) is 4.23. The Morgan fingerprint density at radius 3 is 1.89 bits per heavy atom. The van der Waals surface area contributed by atoms with Crippen LogP contribution in [0.4, 0.5) is 30.9 Å². The van der Waals surface area contributed by atoms with Crippen molar-refractivity contribution < 1.29 is 34.9 Å². The number of aryl methyl sites for hydroxylation is 3. The van der Waals surface area contributed by atoms with Crippen LogP contribution in [-0.2, 0) is 0 Å². The van der Waals surface area contributed by atoms with Gasteiger partial charge in [-0.15, -0.1) is 0 Å². The van der Waals surface area contributed by atoms with Crippen LogP contribution >= 0.6 is 7.81 Å². The maximum absolute atomic E-state index is 10.7. The molecule has 2 rings (SSSR count). The summed E-state index contributed by atoms with van der Waals surface area (Å²) in [7, 11) is -10.7. The molecule has 10 heteroatoms. The van der Waals surface area contributed by atoms with Crippen LogP contribution in [0.2, 0.25) is 0 Å². The normalized spacial score (nSPS) is 18.2. The van der Waals surface area contributed by atoms with Crippen molar-refractivity contribution in [3.63, 3.8) is 0 Å². The van der Waals surface area contributed by atoms with Crippen molar-refractivity contribution in [3.8, 4) is 0 Å². The first-order chi connectivity index (χ1) is 12.4. The number of nitrogens with zero attached hydrogens (tertiary/aromatic N) is 2. The van der Waals surface area contributed by atoms with Gasteiger partial charge in [0.15, 0.2) is 0 Å². The van der Waals surface area contributed by atoms with E-state index >= 15 is 0 Å². The predicted molar refractivity (Wildman–Crippen MR) is 103 cm³/mol. The quantitative estimate of drug-likeness (QED) is 0.336. The fourth-order valence-electron chi connectivity index (χ4n) is 3.45. The first-order valence-electron chi connectivity index (χ1n) is 9.00. The Balaban J connectivity index is 0.000000480. The van der Waals surface area contributed by atoms with Gasteiger partial charge in [-0.3, -0.25) is 4.58 Å². The molecule has 0 amide bonds. The molecule has 0 spiro atoms. The first-order valence-corrected chi connectivity index (χ1v) is 11.0. The van der Waals surface area contributed by atoms with E-state index < -0.39 is 7.81 Å². The molecule has 1 aromatic carbocycles. The van der Waals surface area contributed by atoms with E-state index in [0.29, 0.717) is 5.92 Å². The van der Waals surface area contributed by atoms with Crippen LogP contribution in [-0.4, -0.2) is 41.8 Å². The summed E-state index contributed by atoms with van der Waals surface area (Å²) >= 11 is 0. The van der Waals surface area contributed by atoms with Gasteiger partial charge in [-0.1, -0.05) is 31.5 Å². The Morgan fingerprint density at radius 2 is 1.50 bits per heavy atom. The summed E-state index contributed by atoms with van der Waals surface area (Å²) in [6.07, 6.45) is 3.24. The number of benzene rings is 1. The second-order valence-electron chi connectivity index (χ2n) is 7.72. The average Bonchev–Trinajstić information content (AvgIpc) is 2.89. The summed E-state index contributed by atoms with van der Waals surface area (Å²) in [6.45, 7) is 13.2. The zero-order valence-electron chi connectivity index (χ0n) is 16.8. The summed E-state index contributed by atoms with van der Waals surface area (Å²) in [5.41, 5.74) is 5.30. The second-order valence-corrected chi connectivity index (χ2v) is 9.63. The number of anilines is 1. The van der Waals surface area contributed by atoms with Crippen molar-refractivity contribution in [1.29, 1.82) is 0 Å². The van der Waals surface area contributed by atoms with E-state index in [1.54, 1.807) is 0 Å². The Bertz CT molecular complexity index is 697. The van der Waals surface area contributed by atoms with Gasteiger partial charge in [0.1, 0.15) is 24.8 Å². The van der Waals surface area contributed by atoms with Gasteiger partial charge < -0.3 is 5.11 Å². The van der Waals surface area contributed by atoms with Crippen LogP contribution in [0.1, 0.15) is 37.0 Å². The minimum atomic E-state index is -10.7. The number of rotatable bonds is 5. The van der Waals surface area contributed by atoms with E-state index in [2.05, 4.69) is 62.6 Å². The van der Waals surface area contributed by atoms with Crippen LogP contribution in [0, 0.1) is 26.7 Å². The Hall–Kier alpha value is -1.34. The Morgan fingerprint density at radius 1 is 1.04 bits per heavy atom. The molecule has 1 heterocycles. The summed E-state index contributed by atoms with van der Waals surface area (Å²) < 4.78 is 61.5. The molecule has 28 heavy (non-hydrogen) atoms. The van der Waals surface area contributed by atoms with E-state index in [-0.39, 0.29) is 12.6 Å². The van der Waals surface area contributed by atoms with Gasteiger partial charge >= 0.3 is 33.0 Å². The van der Waals surface area contributed by atoms with Crippen molar-refractivity contribution >= 4 is 19.8 Å². The molecule has 1 unspecified atom stereocenters. The summed E-state index contributed by atoms with van der Waals surface area (Å²) in [5, 5.41) is 9.66. The number of halogens is 6. The fourth-order valence-corrected chi connectivity index (χ4v) is 3.45. The molecule has 1 N–H and O–H groups in total. The SMILES string of the molecule is Cc1cc(C)c(N2C=[N+](C(CO)CC(C)C)CC2)c(C)c1.F[P-](F)(F)(F)(F)F. The second kappa shape index (κ2) is 7.82. The van der Waals surface area contributed by atoms with Crippen LogP contribution < -0.4 is 4.90 Å². The molecule has 0 bridgehead atoms. The summed E-state index contributed by atoms with van der Waals surface area (Å²) in [5.74, 6) is 0.604. The fraction of sp³-hybridized carbons (Fsp3) is 0.611. The van der Waals surface area contributed by atoms with Crippen LogP contribution in [0.15, 0.2) is 12.1 Å². The minimum absolute atomic E-state index is 0.231. The van der Waals surface area contributed by atoms with E-state index in [4.69, 9.17) is 0 Å². The van der Waals surface area contributed by atoms with Crippen LogP contribution in [0.5, 0.6) is 0 Å². The van der Waals surface area contributed by atoms with Gasteiger partial charge in [0.25, 0.3) is 0 Å². The summed E-state index contributed by atoms with van der Waals surface area (Å²) in [6, 6.07) is 4.73. The number of aliphatic hydroxyl groups is 1. The topological polar surface area (TPSA) is 26.5 Å². The molecule has 1 aliphatic heterocycles. The van der Waals surface area contributed by atoms with Gasteiger partial charge in [0.2, 0.25) is 6.34 Å². The molecule has 3 nitrogen and oxygen atoms in total. The van der Waals surface area contributed by atoms with Crippen molar-refractivity contribution in [2.45, 2.75) is 47.1 Å². The Labute approximate surface area is 161 Å². The van der Waals surface area contributed by atoms with Gasteiger partial charge in [0, 0.05) is 0 Å². The molecule has 0 saturated carbocycles. The van der Waals surface area contributed by atoms with E-state index in [9.17, 15) is 30.3 Å². The predicted octanol–water partition coefficient (Wildman–Crippen LogP) is 6.26. The molecule has 0 fully saturated rings. The molecule has 0 aromatic heterocycles. The summed E-state index contributed by atoms with van der Waals surface area (Å²) in [4.78, 5) is 2.34. The third-order valence-electron chi connectivity index (χ3n) is 4.23. The average molecular weight is 434 g/mol. The number of hydrogen-bond donors (Lipinski definition) is 1. The van der Waals surface area contributed by atoms with Crippen molar-refractivity contribution in [2.75, 3.05) is 24.6 Å². The molecule has 1 aliphatic rings. The maximum atomic E-state index is 9.87. The Kier molecular flexibility index (Phi) is 6.90. The molecule has 164 valence electrons. The standard InChI is InChI=1S/C18H29N2O.F6P/c1-13(2)8-17(11-21)19-6-7-20(12-19)18-15(4)9-14(3)10-16(18)5;1-7(2,3,4,5)6/h9-10,12-13,17,21H,6-8,11H2,1-5H3;/q+1;-1. The molecule has 0 radical (unpaired) electrons. The van der Waals surface area contributed by atoms with Crippen molar-refractivity contribution in [2.24, 2.45) is 5.92 Å². The molecular weight excluding hydrogens is 405 g/mol. The third kappa shape index (κ3) is 9.73. The van der Waals surface area contributed by atoms with Gasteiger partial charge in [-0.25, -0.2) is 4.90 Å². The molecular formula is C18H29F6N2OP. The first kappa shape index (κ1) is 24.7. The van der Waals surface area contributed by atoms with Crippen LogP contribution in [0.3, 0.4) is 0 Å². The van der Waals surface area contributed by atoms with Gasteiger partial charge in [-0.05, 0) is 44.2 Å². The molecule has 1 atom stereocenters. The van der Waals surface area contributed by atoms with Gasteiger partial charge in [-0.2, -0.15) is 0 Å². The van der Waals surface area contributed by atoms with E-state index in [0.717, 1.165) is 19.5 Å². The monoisotopic (exact) mass is 434 g/mol. The number of hydrogen-bond acceptors (Lipinski definition) is 2. The van der Waals surface area contributed by atoms with Gasteiger partial charge in [0.05, 0.1) is 6.61 Å². The molecule has 0 saturated heterocycles. The zero-order chi connectivity index (χ0) is 22.0. The van der Waals surface area contributed by atoms with Crippen LogP contribution in [0.25, 0.3) is 0 Å². The number of aliphatic hydroxyl groups excluding tert-OH is 1. The van der Waals surface area contributed by atoms with Crippen molar-refractivity contribution in [1.82, 2.24) is 0 Å². The molecule has 1 aromatic rings. The van der Waals surface area contributed by atoms with E-state index in [1.807, 2.05) is 0 Å². The van der Waals surface area contributed by atoms with Crippen molar-refractivity contribution in [3.05, 3.63) is 28.8 Å². The van der Waals surface area contributed by atoms with E-state index in [1.165, 1.54) is 22.4 Å². The molecule has 0 aliphatic carbocycles. The zero-order valence-corrected chi connectivity index (χ0v) is 17.7.